The molecule has 2 heterocycles. The topological polar surface area (TPSA) is 22.2 Å². The lowest BCUT2D eigenvalue weighted by atomic mass is 10.0. The third kappa shape index (κ3) is 8.15. The van der Waals surface area contributed by atoms with Gasteiger partial charge in [0.2, 0.25) is 0 Å². The third-order valence-electron chi connectivity index (χ3n) is 7.64. The first-order chi connectivity index (χ1) is 17.0. The van der Waals surface area contributed by atoms with Gasteiger partial charge < -0.3 is 9.64 Å². The van der Waals surface area contributed by atoms with Crippen molar-refractivity contribution in [3.05, 3.63) is 65.5 Å². The quantitative estimate of drug-likeness (QED) is 0.424. The van der Waals surface area contributed by atoms with Crippen molar-refractivity contribution in [2.45, 2.75) is 39.3 Å². The molecule has 5 nitrogen and oxygen atoms in total. The van der Waals surface area contributed by atoms with E-state index in [9.17, 15) is 4.39 Å². The van der Waals surface area contributed by atoms with E-state index in [1.54, 1.807) is 12.1 Å². The SMILES string of the molecule is Cc1ccccc1OCCCN1CCN(CC(c2ccc(F)cc2)N2CCN(C(C)C)CC2)CC1.Cl. The molecule has 2 saturated heterocycles. The van der Waals surface area contributed by atoms with Gasteiger partial charge in [-0.1, -0.05) is 30.3 Å². The van der Waals surface area contributed by atoms with E-state index in [-0.39, 0.29) is 18.2 Å². The van der Waals surface area contributed by atoms with Crippen LogP contribution in [0.2, 0.25) is 0 Å². The number of aryl methyl sites for hydroxylation is 1. The summed E-state index contributed by atoms with van der Waals surface area (Å²) < 4.78 is 19.6. The molecule has 4 rings (SSSR count). The molecule has 1 atom stereocenters. The van der Waals surface area contributed by atoms with Crippen LogP contribution in [0.4, 0.5) is 4.39 Å². The van der Waals surface area contributed by atoms with E-state index in [0.717, 1.165) is 84.2 Å². The number of ether oxygens (including phenoxy) is 1. The van der Waals surface area contributed by atoms with Crippen LogP contribution in [0.25, 0.3) is 0 Å². The predicted molar refractivity (Wildman–Crippen MR) is 149 cm³/mol. The Hall–Kier alpha value is -1.70. The van der Waals surface area contributed by atoms with Gasteiger partial charge in [0.15, 0.2) is 0 Å². The molecule has 0 saturated carbocycles. The molecule has 0 aromatic heterocycles. The first-order valence-corrected chi connectivity index (χ1v) is 13.4. The van der Waals surface area contributed by atoms with Crippen LogP contribution in [0.3, 0.4) is 0 Å². The fourth-order valence-corrected chi connectivity index (χ4v) is 5.31. The number of hydrogen-bond donors (Lipinski definition) is 0. The van der Waals surface area contributed by atoms with Gasteiger partial charge in [-0.05, 0) is 56.5 Å². The molecule has 0 N–H and O–H groups in total. The summed E-state index contributed by atoms with van der Waals surface area (Å²) in [6, 6.07) is 16.3. The van der Waals surface area contributed by atoms with Crippen molar-refractivity contribution in [1.29, 1.82) is 0 Å². The second kappa shape index (κ2) is 14.3. The van der Waals surface area contributed by atoms with Gasteiger partial charge in [-0.15, -0.1) is 12.4 Å². The molecule has 2 aliphatic rings. The van der Waals surface area contributed by atoms with E-state index in [1.165, 1.54) is 11.1 Å². The van der Waals surface area contributed by atoms with Gasteiger partial charge in [0.1, 0.15) is 11.6 Å². The summed E-state index contributed by atoms with van der Waals surface area (Å²) >= 11 is 0. The maximum absolute atomic E-state index is 13.6. The standard InChI is InChI=1S/C29H43FN4O.ClH/c1-24(2)33-18-20-34(21-19-33)28(26-9-11-27(30)12-10-26)23-32-16-14-31(15-17-32)13-6-22-35-29-8-5-4-7-25(29)3;/h4-5,7-12,24,28H,6,13-23H2,1-3H3;1H. The van der Waals surface area contributed by atoms with Crippen LogP contribution in [-0.2, 0) is 0 Å². The van der Waals surface area contributed by atoms with Crippen molar-refractivity contribution in [3.8, 4) is 5.75 Å². The Labute approximate surface area is 223 Å². The summed E-state index contributed by atoms with van der Waals surface area (Å²) in [5, 5.41) is 0. The molecule has 2 fully saturated rings. The molecule has 0 bridgehead atoms. The summed E-state index contributed by atoms with van der Waals surface area (Å²) in [6.45, 7) is 18.2. The van der Waals surface area contributed by atoms with Gasteiger partial charge >= 0.3 is 0 Å². The van der Waals surface area contributed by atoms with Gasteiger partial charge in [-0.3, -0.25) is 14.7 Å². The maximum atomic E-state index is 13.6. The first-order valence-electron chi connectivity index (χ1n) is 13.4. The molecule has 2 aliphatic heterocycles. The molecular formula is C29H44ClFN4O. The Morgan fingerprint density at radius 2 is 1.42 bits per heavy atom. The summed E-state index contributed by atoms with van der Waals surface area (Å²) in [5.41, 5.74) is 2.43. The van der Waals surface area contributed by atoms with E-state index in [1.807, 2.05) is 30.3 Å². The van der Waals surface area contributed by atoms with Gasteiger partial charge in [0.05, 0.1) is 6.61 Å². The van der Waals surface area contributed by atoms with Crippen molar-refractivity contribution in [3.63, 3.8) is 0 Å². The molecule has 0 amide bonds. The molecule has 0 aliphatic carbocycles. The van der Waals surface area contributed by atoms with Gasteiger partial charge in [-0.2, -0.15) is 0 Å². The van der Waals surface area contributed by atoms with Crippen LogP contribution in [-0.4, -0.2) is 97.7 Å². The Bertz CT molecular complexity index is 896. The van der Waals surface area contributed by atoms with Crippen molar-refractivity contribution >= 4 is 12.4 Å². The van der Waals surface area contributed by atoms with E-state index in [2.05, 4.69) is 46.4 Å². The van der Waals surface area contributed by atoms with Crippen LogP contribution in [0.15, 0.2) is 48.5 Å². The van der Waals surface area contributed by atoms with E-state index in [4.69, 9.17) is 4.74 Å². The van der Waals surface area contributed by atoms with Crippen molar-refractivity contribution < 1.29 is 9.13 Å². The number of piperazine rings is 2. The number of hydrogen-bond acceptors (Lipinski definition) is 5. The molecule has 0 radical (unpaired) electrons. The zero-order valence-corrected chi connectivity index (χ0v) is 23.1. The lowest BCUT2D eigenvalue weighted by Gasteiger charge is -2.43. The minimum atomic E-state index is -0.155. The lowest BCUT2D eigenvalue weighted by Crippen LogP contribution is -2.53. The average Bonchev–Trinajstić information content (AvgIpc) is 2.88. The third-order valence-corrected chi connectivity index (χ3v) is 7.64. The van der Waals surface area contributed by atoms with Crippen LogP contribution in [0, 0.1) is 12.7 Å². The average molecular weight is 519 g/mol. The Morgan fingerprint density at radius 1 is 0.806 bits per heavy atom. The molecule has 200 valence electrons. The van der Waals surface area contributed by atoms with E-state index in [0.29, 0.717) is 12.1 Å². The minimum absolute atomic E-state index is 0. The second-order valence-electron chi connectivity index (χ2n) is 10.3. The van der Waals surface area contributed by atoms with Gasteiger partial charge in [0.25, 0.3) is 0 Å². The molecule has 1 unspecified atom stereocenters. The van der Waals surface area contributed by atoms with Crippen molar-refractivity contribution in [2.24, 2.45) is 0 Å². The fourth-order valence-electron chi connectivity index (χ4n) is 5.31. The van der Waals surface area contributed by atoms with E-state index >= 15 is 0 Å². The zero-order chi connectivity index (χ0) is 24.6. The smallest absolute Gasteiger partial charge is 0.123 e. The predicted octanol–water partition coefficient (Wildman–Crippen LogP) is 4.71. The summed E-state index contributed by atoms with van der Waals surface area (Å²) in [5.74, 6) is 0.843. The minimum Gasteiger partial charge on any atom is -0.493 e. The monoisotopic (exact) mass is 518 g/mol. The number of benzene rings is 2. The highest BCUT2D eigenvalue weighted by Crippen LogP contribution is 2.25. The molecule has 0 spiro atoms. The summed E-state index contributed by atoms with van der Waals surface area (Å²) in [4.78, 5) is 10.3. The largest absolute Gasteiger partial charge is 0.493 e. The normalized spacial score (nSPS) is 19.2. The van der Waals surface area contributed by atoms with E-state index < -0.39 is 0 Å². The molecule has 2 aromatic carbocycles. The Balaban J connectivity index is 0.00000361. The molecule has 2 aromatic rings. The summed E-state index contributed by atoms with van der Waals surface area (Å²) in [7, 11) is 0. The zero-order valence-electron chi connectivity index (χ0n) is 22.2. The van der Waals surface area contributed by atoms with Crippen molar-refractivity contribution in [2.75, 3.05) is 72.1 Å². The highest BCUT2D eigenvalue weighted by molar-refractivity contribution is 5.85. The number of rotatable bonds is 10. The highest BCUT2D eigenvalue weighted by Gasteiger charge is 2.28. The molecular weight excluding hydrogens is 475 g/mol. The summed E-state index contributed by atoms with van der Waals surface area (Å²) in [6.07, 6.45) is 1.05. The van der Waals surface area contributed by atoms with Crippen LogP contribution in [0.5, 0.6) is 5.75 Å². The fraction of sp³-hybridized carbons (Fsp3) is 0.586. The Morgan fingerprint density at radius 3 is 2.06 bits per heavy atom. The van der Waals surface area contributed by atoms with Crippen LogP contribution < -0.4 is 4.74 Å². The highest BCUT2D eigenvalue weighted by atomic mass is 35.5. The van der Waals surface area contributed by atoms with Crippen molar-refractivity contribution in [1.82, 2.24) is 19.6 Å². The molecule has 7 heteroatoms. The number of halogens is 2. The molecule has 36 heavy (non-hydrogen) atoms. The number of nitrogens with zero attached hydrogens (tertiary/aromatic N) is 4. The lowest BCUT2D eigenvalue weighted by molar-refractivity contribution is 0.0476. The second-order valence-corrected chi connectivity index (χ2v) is 10.3. The number of para-hydroxylation sites is 1. The van der Waals surface area contributed by atoms with Crippen LogP contribution in [0.1, 0.15) is 37.4 Å². The maximum Gasteiger partial charge on any atom is 0.123 e. The van der Waals surface area contributed by atoms with Gasteiger partial charge in [0, 0.05) is 77.5 Å². The Kier molecular flexibility index (Phi) is 11.5. The van der Waals surface area contributed by atoms with Crippen LogP contribution >= 0.6 is 12.4 Å². The first kappa shape index (κ1) is 28.9. The van der Waals surface area contributed by atoms with Gasteiger partial charge in [-0.25, -0.2) is 4.39 Å².